The number of rotatable bonds is 2. The van der Waals surface area contributed by atoms with Crippen LogP contribution in [0, 0.1) is 0 Å². The van der Waals surface area contributed by atoms with Crippen LogP contribution in [-0.2, 0) is 16.8 Å². The number of benzene rings is 1. The summed E-state index contributed by atoms with van der Waals surface area (Å²) < 4.78 is 0. The maximum Gasteiger partial charge on any atom is 0.329 e. The minimum Gasteiger partial charge on any atom is -0.328 e. The minimum absolute atomic E-state index is 0.0570. The van der Waals surface area contributed by atoms with Gasteiger partial charge in [-0.05, 0) is 30.4 Å². The number of urea groups is 1. The first kappa shape index (κ1) is 15.6. The van der Waals surface area contributed by atoms with Crippen LogP contribution in [0.3, 0.4) is 0 Å². The number of nitrogens with zero attached hydrogens (tertiary/aromatic N) is 1. The first-order chi connectivity index (χ1) is 11.6. The van der Waals surface area contributed by atoms with Crippen molar-refractivity contribution in [1.82, 2.24) is 10.2 Å². The molecule has 1 aromatic carbocycles. The van der Waals surface area contributed by atoms with Crippen molar-refractivity contribution in [2.24, 2.45) is 0 Å². The molecule has 24 heavy (non-hydrogen) atoms. The Morgan fingerprint density at radius 1 is 1.17 bits per heavy atom. The van der Waals surface area contributed by atoms with Crippen LogP contribution in [0.4, 0.5) is 4.79 Å². The van der Waals surface area contributed by atoms with Crippen molar-refractivity contribution in [2.75, 3.05) is 39.9 Å². The van der Waals surface area contributed by atoms with Gasteiger partial charge in [-0.15, -0.1) is 0 Å². The quantitative estimate of drug-likeness (QED) is 0.557. The Balaban J connectivity index is 1.58. The fraction of sp³-hybridized carbons (Fsp3) is 0.556. The predicted octanol–water partition coefficient (Wildman–Crippen LogP) is -1.86. The van der Waals surface area contributed by atoms with Gasteiger partial charge in [-0.2, -0.15) is 0 Å². The Labute approximate surface area is 142 Å². The summed E-state index contributed by atoms with van der Waals surface area (Å²) in [4.78, 5) is 30.1. The fourth-order valence-corrected chi connectivity index (χ4v) is 4.37. The Morgan fingerprint density at radius 3 is 2.71 bits per heavy atom. The van der Waals surface area contributed by atoms with Gasteiger partial charge in [0.25, 0.3) is 5.91 Å². The standard InChI is InChI=1S/C18H24N4O2/c1-20-9-11-21(12-10-20)13-22-16(23)18(19-17(22)24)8-4-6-14-5-2-3-7-15(14)18/h2-3,5,7H,4,6,8-13H2,1H3,(H,19,24)/p+2/t18-/m1/s1. The van der Waals surface area contributed by atoms with Crippen molar-refractivity contribution in [3.05, 3.63) is 35.4 Å². The summed E-state index contributed by atoms with van der Waals surface area (Å²) in [5.74, 6) is -0.0570. The van der Waals surface area contributed by atoms with Crippen molar-refractivity contribution in [3.8, 4) is 0 Å². The molecular formula is C18H26N4O2+2. The number of piperazine rings is 1. The highest BCUT2D eigenvalue weighted by molar-refractivity contribution is 6.07. The van der Waals surface area contributed by atoms with E-state index in [1.54, 1.807) is 0 Å². The number of aryl methyl sites for hydroxylation is 1. The summed E-state index contributed by atoms with van der Waals surface area (Å²) >= 11 is 0. The number of carbonyl (C=O) groups excluding carboxylic acids is 2. The molecule has 1 aromatic rings. The minimum atomic E-state index is -0.830. The lowest BCUT2D eigenvalue weighted by molar-refractivity contribution is -1.01. The van der Waals surface area contributed by atoms with Crippen molar-refractivity contribution >= 4 is 11.9 Å². The third-order valence-corrected chi connectivity index (χ3v) is 5.84. The Morgan fingerprint density at radius 2 is 1.92 bits per heavy atom. The van der Waals surface area contributed by atoms with Gasteiger partial charge >= 0.3 is 6.03 Å². The topological polar surface area (TPSA) is 58.3 Å². The molecule has 2 saturated heterocycles. The normalized spacial score (nSPS) is 32.8. The summed E-state index contributed by atoms with van der Waals surface area (Å²) in [5.41, 5.74) is 1.35. The van der Waals surface area contributed by atoms with E-state index in [4.69, 9.17) is 0 Å². The molecular weight excluding hydrogens is 304 g/mol. The van der Waals surface area contributed by atoms with Crippen LogP contribution in [0.2, 0.25) is 0 Å². The molecule has 6 heteroatoms. The molecule has 2 fully saturated rings. The molecule has 1 atom stereocenters. The zero-order valence-electron chi connectivity index (χ0n) is 14.2. The van der Waals surface area contributed by atoms with E-state index >= 15 is 0 Å². The fourth-order valence-electron chi connectivity index (χ4n) is 4.37. The number of hydrogen-bond acceptors (Lipinski definition) is 2. The lowest BCUT2D eigenvalue weighted by Gasteiger charge is -2.33. The van der Waals surface area contributed by atoms with Gasteiger partial charge in [0, 0.05) is 0 Å². The van der Waals surface area contributed by atoms with Crippen LogP contribution in [0.25, 0.3) is 0 Å². The highest BCUT2D eigenvalue weighted by atomic mass is 16.2. The highest BCUT2D eigenvalue weighted by Crippen LogP contribution is 2.39. The zero-order chi connectivity index (χ0) is 16.7. The number of nitrogens with one attached hydrogen (secondary N) is 3. The maximum absolute atomic E-state index is 13.2. The van der Waals surface area contributed by atoms with Crippen LogP contribution in [0.1, 0.15) is 24.0 Å². The molecule has 4 rings (SSSR count). The summed E-state index contributed by atoms with van der Waals surface area (Å²) in [6.45, 7) is 4.68. The molecule has 0 saturated carbocycles. The number of quaternary nitrogens is 2. The number of carbonyl (C=O) groups is 2. The van der Waals surface area contributed by atoms with E-state index in [1.807, 2.05) is 18.2 Å². The molecule has 3 N–H and O–H groups in total. The van der Waals surface area contributed by atoms with Crippen LogP contribution >= 0.6 is 0 Å². The van der Waals surface area contributed by atoms with E-state index in [0.717, 1.165) is 44.6 Å². The van der Waals surface area contributed by atoms with Gasteiger partial charge in [-0.25, -0.2) is 9.69 Å². The maximum atomic E-state index is 13.2. The number of fused-ring (bicyclic) bond motifs is 2. The van der Waals surface area contributed by atoms with Crippen LogP contribution in [0.15, 0.2) is 24.3 Å². The molecule has 0 radical (unpaired) electrons. The smallest absolute Gasteiger partial charge is 0.328 e. The first-order valence-corrected chi connectivity index (χ1v) is 8.97. The van der Waals surface area contributed by atoms with Gasteiger partial charge in [0.1, 0.15) is 31.7 Å². The summed E-state index contributed by atoms with van der Waals surface area (Å²) in [6.07, 6.45) is 2.61. The molecule has 2 heterocycles. The number of likely N-dealkylation sites (N-methyl/N-ethyl adjacent to an activating group) is 1. The lowest BCUT2D eigenvalue weighted by Crippen LogP contribution is -3.27. The molecule has 128 valence electrons. The van der Waals surface area contributed by atoms with Crippen LogP contribution in [-0.4, -0.2) is 56.7 Å². The summed E-state index contributed by atoms with van der Waals surface area (Å²) in [5, 5.41) is 3.04. The van der Waals surface area contributed by atoms with Gasteiger partial charge in [0.15, 0.2) is 6.67 Å². The van der Waals surface area contributed by atoms with Crippen molar-refractivity contribution in [3.63, 3.8) is 0 Å². The molecule has 3 aliphatic rings. The van der Waals surface area contributed by atoms with E-state index in [9.17, 15) is 9.59 Å². The third-order valence-electron chi connectivity index (χ3n) is 5.84. The molecule has 0 bridgehead atoms. The van der Waals surface area contributed by atoms with Gasteiger partial charge in [-0.1, -0.05) is 24.3 Å². The molecule has 0 aromatic heterocycles. The van der Waals surface area contributed by atoms with Crippen molar-refractivity contribution in [1.29, 1.82) is 0 Å². The SMILES string of the molecule is C[NH+]1CC[NH+](CN2C(=O)N[C@@]3(CCCc4ccccc43)C2=O)CC1. The van der Waals surface area contributed by atoms with Crippen molar-refractivity contribution < 1.29 is 19.4 Å². The van der Waals surface area contributed by atoms with Crippen molar-refractivity contribution in [2.45, 2.75) is 24.8 Å². The molecule has 6 nitrogen and oxygen atoms in total. The Bertz CT molecular complexity index is 669. The molecule has 1 aliphatic carbocycles. The largest absolute Gasteiger partial charge is 0.329 e. The molecule has 1 spiro atoms. The Hall–Kier alpha value is -1.92. The predicted molar refractivity (Wildman–Crippen MR) is 88.6 cm³/mol. The molecule has 2 aliphatic heterocycles. The molecule has 0 unspecified atom stereocenters. The van der Waals surface area contributed by atoms with E-state index in [2.05, 4.69) is 18.4 Å². The van der Waals surface area contributed by atoms with E-state index in [1.165, 1.54) is 20.3 Å². The Kier molecular flexibility index (Phi) is 3.81. The van der Waals surface area contributed by atoms with E-state index < -0.39 is 5.54 Å². The van der Waals surface area contributed by atoms with Gasteiger partial charge in [0.05, 0.1) is 7.05 Å². The van der Waals surface area contributed by atoms with Gasteiger partial charge in [-0.3, -0.25) is 4.79 Å². The molecule has 3 amide bonds. The van der Waals surface area contributed by atoms with Crippen LogP contribution in [0.5, 0.6) is 0 Å². The second kappa shape index (κ2) is 5.86. The number of imide groups is 1. The monoisotopic (exact) mass is 330 g/mol. The van der Waals surface area contributed by atoms with E-state index in [-0.39, 0.29) is 11.9 Å². The summed E-state index contributed by atoms with van der Waals surface area (Å²) in [7, 11) is 2.19. The second-order valence-corrected chi connectivity index (χ2v) is 7.44. The number of amides is 3. The van der Waals surface area contributed by atoms with Gasteiger partial charge in [0.2, 0.25) is 0 Å². The third kappa shape index (κ3) is 2.41. The summed E-state index contributed by atoms with van der Waals surface area (Å²) in [6, 6.07) is 7.82. The lowest BCUT2D eigenvalue weighted by atomic mass is 9.76. The van der Waals surface area contributed by atoms with Gasteiger partial charge < -0.3 is 15.1 Å². The average molecular weight is 330 g/mol. The zero-order valence-corrected chi connectivity index (χ0v) is 14.2. The van der Waals surface area contributed by atoms with Crippen LogP contribution < -0.4 is 15.1 Å². The highest BCUT2D eigenvalue weighted by Gasteiger charge is 2.54. The average Bonchev–Trinajstić information content (AvgIpc) is 2.82. The number of hydrogen-bond donors (Lipinski definition) is 3. The van der Waals surface area contributed by atoms with E-state index in [0.29, 0.717) is 13.1 Å². The first-order valence-electron chi connectivity index (χ1n) is 8.97. The second-order valence-electron chi connectivity index (χ2n) is 7.44.